The quantitative estimate of drug-likeness (QED) is 0.612. The van der Waals surface area contributed by atoms with Gasteiger partial charge in [0, 0.05) is 12.6 Å². The first-order chi connectivity index (χ1) is 6.33. The van der Waals surface area contributed by atoms with E-state index in [0.29, 0.717) is 6.04 Å². The van der Waals surface area contributed by atoms with Crippen molar-refractivity contribution in [3.63, 3.8) is 0 Å². The van der Waals surface area contributed by atoms with E-state index in [1.54, 1.807) is 6.92 Å². The maximum Gasteiger partial charge on any atom is 0.295 e. The van der Waals surface area contributed by atoms with E-state index in [2.05, 4.69) is 22.5 Å². The SMILES string of the molecule is CC#CC(=O)NCC[C@@H]1CCCN1. The van der Waals surface area contributed by atoms with Crippen molar-refractivity contribution in [3.8, 4) is 11.8 Å². The van der Waals surface area contributed by atoms with E-state index in [1.165, 1.54) is 12.8 Å². The van der Waals surface area contributed by atoms with E-state index in [0.717, 1.165) is 19.5 Å². The van der Waals surface area contributed by atoms with Crippen LogP contribution in [-0.2, 0) is 4.79 Å². The molecule has 0 aromatic rings. The molecule has 1 aliphatic rings. The van der Waals surface area contributed by atoms with Gasteiger partial charge in [-0.15, -0.1) is 0 Å². The van der Waals surface area contributed by atoms with Gasteiger partial charge in [-0.1, -0.05) is 5.92 Å². The molecule has 13 heavy (non-hydrogen) atoms. The summed E-state index contributed by atoms with van der Waals surface area (Å²) in [5, 5.41) is 6.13. The number of nitrogens with one attached hydrogen (secondary N) is 2. The van der Waals surface area contributed by atoms with Gasteiger partial charge in [-0.25, -0.2) is 0 Å². The molecular weight excluding hydrogens is 164 g/mol. The van der Waals surface area contributed by atoms with Crippen LogP contribution in [0.25, 0.3) is 0 Å². The molecule has 0 aliphatic carbocycles. The Bertz CT molecular complexity index is 221. The van der Waals surface area contributed by atoms with Gasteiger partial charge in [0.15, 0.2) is 0 Å². The first-order valence-corrected chi connectivity index (χ1v) is 4.77. The Morgan fingerprint density at radius 2 is 2.54 bits per heavy atom. The van der Waals surface area contributed by atoms with Crippen LogP contribution in [0.1, 0.15) is 26.2 Å². The second kappa shape index (κ2) is 5.60. The Kier molecular flexibility index (Phi) is 4.34. The molecule has 0 aromatic carbocycles. The Morgan fingerprint density at radius 3 is 3.15 bits per heavy atom. The largest absolute Gasteiger partial charge is 0.345 e. The molecule has 3 heteroatoms. The molecule has 0 radical (unpaired) electrons. The molecule has 72 valence electrons. The first kappa shape index (κ1) is 10.1. The second-order valence-electron chi connectivity index (χ2n) is 3.21. The first-order valence-electron chi connectivity index (χ1n) is 4.77. The molecule has 1 aliphatic heterocycles. The van der Waals surface area contributed by atoms with Crippen LogP contribution in [0.15, 0.2) is 0 Å². The summed E-state index contributed by atoms with van der Waals surface area (Å²) in [4.78, 5) is 10.9. The lowest BCUT2D eigenvalue weighted by molar-refractivity contribution is -0.115. The summed E-state index contributed by atoms with van der Waals surface area (Å²) >= 11 is 0. The van der Waals surface area contributed by atoms with Gasteiger partial charge in [-0.3, -0.25) is 4.79 Å². The number of carbonyl (C=O) groups is 1. The highest BCUT2D eigenvalue weighted by molar-refractivity contribution is 5.93. The van der Waals surface area contributed by atoms with Gasteiger partial charge in [0.25, 0.3) is 5.91 Å². The van der Waals surface area contributed by atoms with Crippen LogP contribution in [0.4, 0.5) is 0 Å². The Balaban J connectivity index is 2.05. The Morgan fingerprint density at radius 1 is 1.69 bits per heavy atom. The monoisotopic (exact) mass is 180 g/mol. The predicted octanol–water partition coefficient (Wildman–Crippen LogP) is 0.268. The molecule has 1 atom stereocenters. The zero-order chi connectivity index (χ0) is 9.52. The van der Waals surface area contributed by atoms with Crippen LogP contribution in [0.5, 0.6) is 0 Å². The van der Waals surface area contributed by atoms with Gasteiger partial charge >= 0.3 is 0 Å². The van der Waals surface area contributed by atoms with Crippen LogP contribution in [0.3, 0.4) is 0 Å². The average molecular weight is 180 g/mol. The molecule has 0 unspecified atom stereocenters. The maximum atomic E-state index is 10.9. The fraction of sp³-hybridized carbons (Fsp3) is 0.700. The number of hydrogen-bond donors (Lipinski definition) is 2. The van der Waals surface area contributed by atoms with Crippen molar-refractivity contribution in [2.24, 2.45) is 0 Å². The fourth-order valence-electron chi connectivity index (χ4n) is 1.52. The second-order valence-corrected chi connectivity index (χ2v) is 3.21. The van der Waals surface area contributed by atoms with Crippen LogP contribution in [-0.4, -0.2) is 25.0 Å². The van der Waals surface area contributed by atoms with Gasteiger partial charge in [0.2, 0.25) is 0 Å². The normalized spacial score (nSPS) is 20.5. The maximum absolute atomic E-state index is 10.9. The lowest BCUT2D eigenvalue weighted by Gasteiger charge is -2.08. The van der Waals surface area contributed by atoms with E-state index < -0.39 is 0 Å². The van der Waals surface area contributed by atoms with E-state index in [9.17, 15) is 4.79 Å². The topological polar surface area (TPSA) is 41.1 Å². The summed E-state index contributed by atoms with van der Waals surface area (Å²) < 4.78 is 0. The van der Waals surface area contributed by atoms with E-state index >= 15 is 0 Å². The van der Waals surface area contributed by atoms with Crippen molar-refractivity contribution in [2.75, 3.05) is 13.1 Å². The van der Waals surface area contributed by atoms with Gasteiger partial charge in [-0.2, -0.15) is 0 Å². The molecule has 0 bridgehead atoms. The van der Waals surface area contributed by atoms with E-state index in [4.69, 9.17) is 0 Å². The lowest BCUT2D eigenvalue weighted by Crippen LogP contribution is -2.29. The molecule has 3 nitrogen and oxygen atoms in total. The third-order valence-electron chi connectivity index (χ3n) is 2.18. The molecule has 1 amide bonds. The smallest absolute Gasteiger partial charge is 0.295 e. The minimum Gasteiger partial charge on any atom is -0.345 e. The van der Waals surface area contributed by atoms with Gasteiger partial charge in [-0.05, 0) is 38.7 Å². The molecule has 2 N–H and O–H groups in total. The van der Waals surface area contributed by atoms with Crippen molar-refractivity contribution >= 4 is 5.91 Å². The van der Waals surface area contributed by atoms with Crippen molar-refractivity contribution in [2.45, 2.75) is 32.2 Å². The van der Waals surface area contributed by atoms with Gasteiger partial charge in [0.05, 0.1) is 0 Å². The Labute approximate surface area is 79.3 Å². The van der Waals surface area contributed by atoms with E-state index in [-0.39, 0.29) is 5.91 Å². The molecule has 1 heterocycles. The minimum absolute atomic E-state index is 0.166. The number of amides is 1. The van der Waals surface area contributed by atoms with Gasteiger partial charge in [0.1, 0.15) is 0 Å². The summed E-state index contributed by atoms with van der Waals surface area (Å²) in [5.74, 6) is 4.85. The average Bonchev–Trinajstić information content (AvgIpc) is 2.57. The summed E-state index contributed by atoms with van der Waals surface area (Å²) in [7, 11) is 0. The van der Waals surface area contributed by atoms with Crippen LogP contribution < -0.4 is 10.6 Å². The number of rotatable bonds is 3. The van der Waals surface area contributed by atoms with Crippen molar-refractivity contribution in [1.29, 1.82) is 0 Å². The molecule has 1 rings (SSSR count). The fourth-order valence-corrected chi connectivity index (χ4v) is 1.52. The number of hydrogen-bond acceptors (Lipinski definition) is 2. The molecule has 1 saturated heterocycles. The highest BCUT2D eigenvalue weighted by Gasteiger charge is 2.12. The van der Waals surface area contributed by atoms with E-state index in [1.807, 2.05) is 0 Å². The van der Waals surface area contributed by atoms with Crippen molar-refractivity contribution in [3.05, 3.63) is 0 Å². The highest BCUT2D eigenvalue weighted by Crippen LogP contribution is 2.07. The van der Waals surface area contributed by atoms with Crippen LogP contribution >= 0.6 is 0 Å². The third kappa shape index (κ3) is 3.95. The molecule has 0 saturated carbocycles. The Hall–Kier alpha value is -1.01. The van der Waals surface area contributed by atoms with Crippen LogP contribution in [0.2, 0.25) is 0 Å². The summed E-state index contributed by atoms with van der Waals surface area (Å²) in [6.45, 7) is 3.51. The molecule has 0 aromatic heterocycles. The lowest BCUT2D eigenvalue weighted by atomic mass is 10.1. The summed E-state index contributed by atoms with van der Waals surface area (Å²) in [6.07, 6.45) is 3.50. The minimum atomic E-state index is -0.166. The summed E-state index contributed by atoms with van der Waals surface area (Å²) in [6, 6.07) is 0.592. The van der Waals surface area contributed by atoms with Crippen molar-refractivity contribution < 1.29 is 4.79 Å². The zero-order valence-electron chi connectivity index (χ0n) is 8.02. The highest BCUT2D eigenvalue weighted by atomic mass is 16.1. The number of carbonyl (C=O) groups excluding carboxylic acids is 1. The van der Waals surface area contributed by atoms with Crippen LogP contribution in [0, 0.1) is 11.8 Å². The van der Waals surface area contributed by atoms with Crippen molar-refractivity contribution in [1.82, 2.24) is 10.6 Å². The third-order valence-corrected chi connectivity index (χ3v) is 2.18. The molecule has 0 spiro atoms. The van der Waals surface area contributed by atoms with Gasteiger partial charge < -0.3 is 10.6 Å². The predicted molar refractivity (Wildman–Crippen MR) is 52.1 cm³/mol. The summed E-state index contributed by atoms with van der Waals surface area (Å²) in [5.41, 5.74) is 0. The molecule has 1 fully saturated rings. The zero-order valence-corrected chi connectivity index (χ0v) is 8.02. The standard InChI is InChI=1S/C10H16N2O/c1-2-4-10(13)12-8-6-9-5-3-7-11-9/h9,11H,3,5-8H2,1H3,(H,12,13)/t9-/m0/s1. The molecular formula is C10H16N2O.